The van der Waals surface area contributed by atoms with Crippen molar-refractivity contribution in [2.75, 3.05) is 5.75 Å². The van der Waals surface area contributed by atoms with Gasteiger partial charge in [-0.25, -0.2) is 12.7 Å². The van der Waals surface area contributed by atoms with Crippen molar-refractivity contribution in [2.24, 2.45) is 16.7 Å². The van der Waals surface area contributed by atoms with Crippen LogP contribution in [0.15, 0.2) is 0 Å². The molecule has 3 atom stereocenters. The van der Waals surface area contributed by atoms with E-state index in [1.807, 2.05) is 0 Å². The van der Waals surface area contributed by atoms with E-state index >= 15 is 0 Å². The summed E-state index contributed by atoms with van der Waals surface area (Å²) >= 11 is 0. The zero-order valence-electron chi connectivity index (χ0n) is 10.6. The van der Waals surface area contributed by atoms with Gasteiger partial charge < -0.3 is 0 Å². The van der Waals surface area contributed by atoms with E-state index in [-0.39, 0.29) is 28.5 Å². The zero-order chi connectivity index (χ0) is 12.6. The van der Waals surface area contributed by atoms with Crippen molar-refractivity contribution in [3.05, 3.63) is 0 Å². The summed E-state index contributed by atoms with van der Waals surface area (Å²) in [4.78, 5) is 11.6. The van der Waals surface area contributed by atoms with Crippen LogP contribution < -0.4 is 0 Å². The second-order valence-electron chi connectivity index (χ2n) is 6.44. The topological polar surface area (TPSA) is 54.5 Å². The van der Waals surface area contributed by atoms with Gasteiger partial charge in [-0.05, 0) is 30.6 Å². The van der Waals surface area contributed by atoms with Gasteiger partial charge >= 0.3 is 0 Å². The quantitative estimate of drug-likeness (QED) is 0.658. The van der Waals surface area contributed by atoms with Crippen molar-refractivity contribution in [1.82, 2.24) is 4.31 Å². The van der Waals surface area contributed by atoms with Gasteiger partial charge in [0.2, 0.25) is 15.9 Å². The first-order chi connectivity index (χ1) is 7.72. The van der Waals surface area contributed by atoms with Gasteiger partial charge in [0.25, 0.3) is 0 Å². The molecular weight excluding hydrogens is 238 g/mol. The van der Waals surface area contributed by atoms with Crippen molar-refractivity contribution >= 4 is 15.9 Å². The molecule has 1 saturated heterocycles. The lowest BCUT2D eigenvalue weighted by molar-refractivity contribution is -0.126. The number of fused-ring (bicyclic) bond motifs is 1. The predicted octanol–water partition coefficient (Wildman–Crippen LogP) is 1.37. The molecule has 0 aromatic carbocycles. The summed E-state index contributed by atoms with van der Waals surface area (Å²) in [5.41, 5.74) is -0.128. The first kappa shape index (κ1) is 11.5. The third kappa shape index (κ3) is 1.09. The van der Waals surface area contributed by atoms with Gasteiger partial charge in [-0.2, -0.15) is 0 Å². The summed E-state index contributed by atoms with van der Waals surface area (Å²) in [6.45, 7) is 5.74. The van der Waals surface area contributed by atoms with Crippen LogP contribution in [0.4, 0.5) is 0 Å². The molecule has 96 valence electrons. The second-order valence-corrected chi connectivity index (χ2v) is 8.28. The van der Waals surface area contributed by atoms with E-state index in [0.29, 0.717) is 5.92 Å². The van der Waals surface area contributed by atoms with Gasteiger partial charge in [0, 0.05) is 12.3 Å². The highest BCUT2D eigenvalue weighted by Gasteiger charge is 2.71. The number of hydrogen-bond acceptors (Lipinski definition) is 3. The third-order valence-electron chi connectivity index (χ3n) is 5.72. The molecular formula is C12H19NO3S. The van der Waals surface area contributed by atoms with Gasteiger partial charge in [0.15, 0.2) is 0 Å². The molecule has 0 unspecified atom stereocenters. The number of amides is 1. The van der Waals surface area contributed by atoms with Crippen LogP contribution >= 0.6 is 0 Å². The molecule has 3 fully saturated rings. The fourth-order valence-corrected chi connectivity index (χ4v) is 7.27. The van der Waals surface area contributed by atoms with Crippen LogP contribution in [0.5, 0.6) is 0 Å². The molecule has 4 nitrogen and oxygen atoms in total. The molecule has 3 aliphatic rings. The van der Waals surface area contributed by atoms with Crippen molar-refractivity contribution in [3.8, 4) is 0 Å². The molecule has 1 heterocycles. The maximum absolute atomic E-state index is 12.2. The van der Waals surface area contributed by atoms with Gasteiger partial charge in [-0.15, -0.1) is 0 Å². The maximum atomic E-state index is 12.2. The Kier molecular flexibility index (Phi) is 1.94. The van der Waals surface area contributed by atoms with E-state index in [0.717, 1.165) is 19.3 Å². The zero-order valence-corrected chi connectivity index (χ0v) is 11.4. The summed E-state index contributed by atoms with van der Waals surface area (Å²) < 4.78 is 25.6. The van der Waals surface area contributed by atoms with E-state index < -0.39 is 10.0 Å². The van der Waals surface area contributed by atoms with Crippen molar-refractivity contribution in [2.45, 2.75) is 46.1 Å². The number of sulfonamides is 1. The summed E-state index contributed by atoms with van der Waals surface area (Å²) in [5.74, 6) is 0.438. The molecule has 0 radical (unpaired) electrons. The number of carbonyl (C=O) groups excluding carboxylic acids is 1. The highest BCUT2D eigenvalue weighted by molar-refractivity contribution is 7.90. The Balaban J connectivity index is 2.15. The van der Waals surface area contributed by atoms with E-state index in [1.165, 1.54) is 11.2 Å². The largest absolute Gasteiger partial charge is 0.274 e. The first-order valence-corrected chi connectivity index (χ1v) is 7.86. The SMILES string of the molecule is CC(=O)N1[C@H]2C[C@H]3CC[C@@]2(CS1(=O)=O)C3(C)C. The fourth-order valence-electron chi connectivity index (χ4n) is 4.70. The summed E-state index contributed by atoms with van der Waals surface area (Å²) in [6.07, 6.45) is 2.94. The minimum absolute atomic E-state index is 0.0505. The smallest absolute Gasteiger partial charge is 0.238 e. The molecule has 0 aromatic rings. The van der Waals surface area contributed by atoms with Gasteiger partial charge in [-0.1, -0.05) is 13.8 Å². The molecule has 5 heteroatoms. The molecule has 0 aromatic heterocycles. The van der Waals surface area contributed by atoms with Gasteiger partial charge in [-0.3, -0.25) is 4.79 Å². The molecule has 17 heavy (non-hydrogen) atoms. The van der Waals surface area contributed by atoms with Crippen LogP contribution in [0.3, 0.4) is 0 Å². The lowest BCUT2D eigenvalue weighted by atomic mass is 9.69. The van der Waals surface area contributed by atoms with Crippen LogP contribution in [0.2, 0.25) is 0 Å². The highest BCUT2D eigenvalue weighted by Crippen LogP contribution is 2.69. The normalized spacial score (nSPS) is 45.0. The lowest BCUT2D eigenvalue weighted by Gasteiger charge is -2.36. The van der Waals surface area contributed by atoms with E-state index in [1.54, 1.807) is 0 Å². The van der Waals surface area contributed by atoms with Crippen LogP contribution in [-0.4, -0.2) is 30.4 Å². The monoisotopic (exact) mass is 257 g/mol. The summed E-state index contributed by atoms with van der Waals surface area (Å²) in [7, 11) is -3.38. The minimum Gasteiger partial charge on any atom is -0.274 e. The summed E-state index contributed by atoms with van der Waals surface area (Å²) in [5, 5.41) is 0. The average molecular weight is 257 g/mol. The van der Waals surface area contributed by atoms with Crippen LogP contribution in [0.25, 0.3) is 0 Å². The first-order valence-electron chi connectivity index (χ1n) is 6.25. The van der Waals surface area contributed by atoms with Crippen LogP contribution in [0.1, 0.15) is 40.0 Å². The molecule has 2 saturated carbocycles. The minimum atomic E-state index is -3.38. The Hall–Kier alpha value is -0.580. The van der Waals surface area contributed by atoms with Gasteiger partial charge in [0.05, 0.1) is 11.8 Å². The fraction of sp³-hybridized carbons (Fsp3) is 0.917. The van der Waals surface area contributed by atoms with Crippen molar-refractivity contribution in [1.29, 1.82) is 0 Å². The Morgan fingerprint density at radius 1 is 1.35 bits per heavy atom. The van der Waals surface area contributed by atoms with Crippen LogP contribution in [-0.2, 0) is 14.8 Å². The highest BCUT2D eigenvalue weighted by atomic mass is 32.2. The summed E-state index contributed by atoms with van der Waals surface area (Å²) in [6, 6.07) is -0.0706. The van der Waals surface area contributed by atoms with Crippen molar-refractivity contribution in [3.63, 3.8) is 0 Å². The molecule has 2 bridgehead atoms. The maximum Gasteiger partial charge on any atom is 0.238 e. The molecule has 1 amide bonds. The molecule has 1 spiro atoms. The molecule has 1 aliphatic heterocycles. The Bertz CT molecular complexity index is 496. The second kappa shape index (κ2) is 2.87. The molecule has 3 rings (SSSR count). The Morgan fingerprint density at radius 2 is 2.00 bits per heavy atom. The van der Waals surface area contributed by atoms with Crippen LogP contribution in [0, 0.1) is 16.7 Å². The number of hydrogen-bond donors (Lipinski definition) is 0. The van der Waals surface area contributed by atoms with Crippen molar-refractivity contribution < 1.29 is 13.2 Å². The lowest BCUT2D eigenvalue weighted by Crippen LogP contribution is -2.43. The van der Waals surface area contributed by atoms with Gasteiger partial charge in [0.1, 0.15) is 0 Å². The Labute approximate surface area is 102 Å². The van der Waals surface area contributed by atoms with E-state index in [4.69, 9.17) is 0 Å². The molecule has 2 aliphatic carbocycles. The predicted molar refractivity (Wildman–Crippen MR) is 63.6 cm³/mol. The standard InChI is InChI=1S/C12H19NO3S/c1-8(14)13-10-6-9-4-5-12(10,11(9,2)3)7-17(13,15)16/h9-10H,4-7H2,1-3H3/t9-,10+,12+/m1/s1. The van der Waals surface area contributed by atoms with E-state index in [2.05, 4.69) is 13.8 Å². The third-order valence-corrected chi connectivity index (χ3v) is 7.71. The molecule has 0 N–H and O–H groups in total. The van der Waals surface area contributed by atoms with E-state index in [9.17, 15) is 13.2 Å². The number of carbonyl (C=O) groups is 1. The Morgan fingerprint density at radius 3 is 2.53 bits per heavy atom. The number of rotatable bonds is 0. The average Bonchev–Trinajstić information content (AvgIpc) is 2.62. The number of nitrogens with zero attached hydrogens (tertiary/aromatic N) is 1.